The van der Waals surface area contributed by atoms with Crippen LogP contribution in [-0.4, -0.2) is 27.3 Å². The molecule has 0 saturated heterocycles. The van der Waals surface area contributed by atoms with Crippen molar-refractivity contribution in [2.75, 3.05) is 11.9 Å². The molecule has 7 heteroatoms. The fraction of sp³-hybridized carbons (Fsp3) is 0.118. The lowest BCUT2D eigenvalue weighted by Gasteiger charge is -2.12. The van der Waals surface area contributed by atoms with E-state index in [1.165, 1.54) is 0 Å². The van der Waals surface area contributed by atoms with E-state index in [2.05, 4.69) is 31.4 Å². The molecule has 0 saturated carbocycles. The van der Waals surface area contributed by atoms with Crippen molar-refractivity contribution in [3.63, 3.8) is 0 Å². The zero-order chi connectivity index (χ0) is 16.9. The van der Waals surface area contributed by atoms with Crippen LogP contribution in [0.3, 0.4) is 0 Å². The molecule has 1 amide bonds. The minimum atomic E-state index is -0.229. The Kier molecular flexibility index (Phi) is 4.90. The molecule has 3 aromatic rings. The van der Waals surface area contributed by atoms with Gasteiger partial charge < -0.3 is 10.1 Å². The topological polar surface area (TPSA) is 69.0 Å². The molecule has 0 aliphatic carbocycles. The maximum Gasteiger partial charge on any atom is 0.262 e. The third kappa shape index (κ3) is 3.99. The van der Waals surface area contributed by atoms with Gasteiger partial charge in [0.2, 0.25) is 0 Å². The van der Waals surface area contributed by atoms with Gasteiger partial charge in [-0.15, -0.1) is 10.2 Å². The summed E-state index contributed by atoms with van der Waals surface area (Å²) in [5, 5.41) is 10.4. The largest absolute Gasteiger partial charge is 0.482 e. The van der Waals surface area contributed by atoms with Gasteiger partial charge in [-0.1, -0.05) is 22.0 Å². The summed E-state index contributed by atoms with van der Waals surface area (Å²) in [6.07, 6.45) is 3.17. The fourth-order valence-electron chi connectivity index (χ4n) is 2.15. The smallest absolute Gasteiger partial charge is 0.262 e. The molecule has 0 spiro atoms. The highest BCUT2D eigenvalue weighted by atomic mass is 79.9. The van der Waals surface area contributed by atoms with Crippen LogP contribution < -0.4 is 10.1 Å². The van der Waals surface area contributed by atoms with Crippen LogP contribution in [0.15, 0.2) is 59.6 Å². The molecular weight excluding hydrogens is 372 g/mol. The number of rotatable bonds is 5. The first-order chi connectivity index (χ1) is 11.6. The molecule has 2 aromatic carbocycles. The molecule has 0 unspecified atom stereocenters. The van der Waals surface area contributed by atoms with E-state index in [0.717, 1.165) is 21.4 Å². The first kappa shape index (κ1) is 16.2. The van der Waals surface area contributed by atoms with E-state index < -0.39 is 0 Å². The highest BCUT2D eigenvalue weighted by Crippen LogP contribution is 2.24. The molecule has 24 heavy (non-hydrogen) atoms. The van der Waals surface area contributed by atoms with Crippen molar-refractivity contribution in [1.29, 1.82) is 0 Å². The molecule has 0 aliphatic rings. The molecule has 0 fully saturated rings. The average Bonchev–Trinajstić information content (AvgIpc) is 3.10. The Bertz CT molecular complexity index is 832. The summed E-state index contributed by atoms with van der Waals surface area (Å²) in [5.41, 5.74) is 2.58. The van der Waals surface area contributed by atoms with Gasteiger partial charge in [-0.25, -0.2) is 0 Å². The minimum absolute atomic E-state index is 0.0890. The van der Waals surface area contributed by atoms with Crippen molar-refractivity contribution in [3.8, 4) is 11.4 Å². The first-order valence-electron chi connectivity index (χ1n) is 7.26. The third-order valence-electron chi connectivity index (χ3n) is 3.30. The zero-order valence-corrected chi connectivity index (χ0v) is 14.5. The van der Waals surface area contributed by atoms with Gasteiger partial charge in [0, 0.05) is 10.2 Å². The summed E-state index contributed by atoms with van der Waals surface area (Å²) in [4.78, 5) is 12.1. The molecule has 1 heterocycles. The van der Waals surface area contributed by atoms with Crippen LogP contribution in [0.2, 0.25) is 0 Å². The number of ether oxygens (including phenoxy) is 1. The van der Waals surface area contributed by atoms with E-state index in [4.69, 9.17) is 4.74 Å². The van der Waals surface area contributed by atoms with Gasteiger partial charge in [0.05, 0.1) is 5.69 Å². The Morgan fingerprint density at radius 3 is 2.58 bits per heavy atom. The summed E-state index contributed by atoms with van der Waals surface area (Å²) in [7, 11) is 0. The lowest BCUT2D eigenvalue weighted by Crippen LogP contribution is -2.20. The molecule has 0 bridgehead atoms. The van der Waals surface area contributed by atoms with Gasteiger partial charge in [0.25, 0.3) is 5.91 Å². The monoisotopic (exact) mass is 386 g/mol. The van der Waals surface area contributed by atoms with E-state index in [-0.39, 0.29) is 12.5 Å². The second-order valence-electron chi connectivity index (χ2n) is 5.18. The van der Waals surface area contributed by atoms with Crippen molar-refractivity contribution in [2.45, 2.75) is 6.92 Å². The number of halogens is 1. The van der Waals surface area contributed by atoms with Crippen LogP contribution in [0.1, 0.15) is 5.56 Å². The molecule has 0 aliphatic heterocycles. The number of benzene rings is 2. The van der Waals surface area contributed by atoms with Crippen molar-refractivity contribution < 1.29 is 9.53 Å². The Balaban J connectivity index is 1.68. The van der Waals surface area contributed by atoms with Crippen molar-refractivity contribution in [1.82, 2.24) is 14.8 Å². The summed E-state index contributed by atoms with van der Waals surface area (Å²) in [5.74, 6) is 0.360. The Labute approximate surface area is 147 Å². The van der Waals surface area contributed by atoms with Crippen molar-refractivity contribution in [3.05, 3.63) is 65.2 Å². The van der Waals surface area contributed by atoms with Crippen molar-refractivity contribution >= 4 is 27.5 Å². The molecule has 0 radical (unpaired) electrons. The van der Waals surface area contributed by atoms with Gasteiger partial charge in [-0.2, -0.15) is 0 Å². The number of hydrogen-bond acceptors (Lipinski definition) is 4. The molecule has 1 N–H and O–H groups in total. The van der Waals surface area contributed by atoms with Gasteiger partial charge in [0.1, 0.15) is 18.4 Å². The summed E-state index contributed by atoms with van der Waals surface area (Å²) in [6.45, 7) is 1.89. The number of nitrogens with zero attached hydrogens (tertiary/aromatic N) is 3. The highest BCUT2D eigenvalue weighted by molar-refractivity contribution is 9.10. The van der Waals surface area contributed by atoms with Crippen LogP contribution in [0.25, 0.3) is 5.69 Å². The number of aromatic nitrogens is 3. The number of amides is 1. The third-order valence-corrected chi connectivity index (χ3v) is 3.83. The lowest BCUT2D eigenvalue weighted by atomic mass is 10.2. The summed E-state index contributed by atoms with van der Waals surface area (Å²) in [6, 6.07) is 13.1. The van der Waals surface area contributed by atoms with Crippen LogP contribution in [-0.2, 0) is 4.79 Å². The molecular formula is C17H15BrN4O2. The van der Waals surface area contributed by atoms with Crippen LogP contribution >= 0.6 is 15.9 Å². The van der Waals surface area contributed by atoms with E-state index >= 15 is 0 Å². The fourth-order valence-corrected chi connectivity index (χ4v) is 2.41. The van der Waals surface area contributed by atoms with Crippen LogP contribution in [0.4, 0.5) is 5.69 Å². The second-order valence-corrected chi connectivity index (χ2v) is 6.10. The normalized spacial score (nSPS) is 10.4. The summed E-state index contributed by atoms with van der Waals surface area (Å²) >= 11 is 3.36. The predicted molar refractivity (Wildman–Crippen MR) is 94.4 cm³/mol. The van der Waals surface area contributed by atoms with E-state index in [1.54, 1.807) is 17.2 Å². The van der Waals surface area contributed by atoms with Gasteiger partial charge in [-0.05, 0) is 48.9 Å². The number of nitrogens with one attached hydrogen (secondary N) is 1. The minimum Gasteiger partial charge on any atom is -0.482 e. The standard InChI is InChI=1S/C17H15BrN4O2/c1-12-2-7-16(15(8-12)22-10-19-20-11-22)24-9-17(23)21-14-5-3-13(18)4-6-14/h2-8,10-11H,9H2,1H3,(H,21,23). The molecule has 3 rings (SSSR count). The SMILES string of the molecule is Cc1ccc(OCC(=O)Nc2ccc(Br)cc2)c(-n2cnnc2)c1. The maximum absolute atomic E-state index is 12.1. The Morgan fingerprint density at radius 1 is 1.17 bits per heavy atom. The van der Waals surface area contributed by atoms with Gasteiger partial charge >= 0.3 is 0 Å². The molecule has 6 nitrogen and oxygen atoms in total. The maximum atomic E-state index is 12.1. The quantitative estimate of drug-likeness (QED) is 0.729. The number of hydrogen-bond donors (Lipinski definition) is 1. The Hall–Kier alpha value is -2.67. The molecule has 0 atom stereocenters. The molecule has 1 aromatic heterocycles. The van der Waals surface area contributed by atoms with Crippen LogP contribution in [0, 0.1) is 6.92 Å². The first-order valence-corrected chi connectivity index (χ1v) is 8.05. The number of aryl methyl sites for hydroxylation is 1. The van der Waals surface area contributed by atoms with E-state index in [9.17, 15) is 4.79 Å². The van der Waals surface area contributed by atoms with Crippen LogP contribution in [0.5, 0.6) is 5.75 Å². The Morgan fingerprint density at radius 2 is 1.88 bits per heavy atom. The molecule has 122 valence electrons. The summed E-state index contributed by atoms with van der Waals surface area (Å²) < 4.78 is 8.37. The number of anilines is 1. The lowest BCUT2D eigenvalue weighted by molar-refractivity contribution is -0.118. The average molecular weight is 387 g/mol. The highest BCUT2D eigenvalue weighted by Gasteiger charge is 2.09. The zero-order valence-electron chi connectivity index (χ0n) is 12.9. The van der Waals surface area contributed by atoms with Crippen molar-refractivity contribution in [2.24, 2.45) is 0 Å². The number of carbonyl (C=O) groups is 1. The van der Waals surface area contributed by atoms with Gasteiger partial charge in [-0.3, -0.25) is 9.36 Å². The van der Waals surface area contributed by atoms with E-state index in [0.29, 0.717) is 5.75 Å². The van der Waals surface area contributed by atoms with E-state index in [1.807, 2.05) is 49.4 Å². The second kappa shape index (κ2) is 7.27. The van der Waals surface area contributed by atoms with Gasteiger partial charge in [0.15, 0.2) is 6.61 Å². The number of carbonyl (C=O) groups excluding carboxylic acids is 1. The predicted octanol–water partition coefficient (Wildman–Crippen LogP) is 3.36.